The van der Waals surface area contributed by atoms with Crippen molar-refractivity contribution >= 4 is 16.1 Å². The Balaban J connectivity index is 3.13. The molecule has 0 bridgehead atoms. The van der Waals surface area contributed by atoms with Crippen molar-refractivity contribution in [3.8, 4) is 0 Å². The van der Waals surface area contributed by atoms with E-state index in [1.54, 1.807) is 0 Å². The first kappa shape index (κ1) is 15.3. The van der Waals surface area contributed by atoms with E-state index in [2.05, 4.69) is 0 Å². The lowest BCUT2D eigenvalue weighted by Crippen LogP contribution is -2.84. The Hall–Kier alpha value is -0.660. The van der Waals surface area contributed by atoms with Crippen LogP contribution in [0.1, 0.15) is 32.1 Å². The van der Waals surface area contributed by atoms with Crippen molar-refractivity contribution in [2.75, 3.05) is 18.8 Å². The molecule has 0 aliphatic heterocycles. The average Bonchev–Trinajstić information content (AvgIpc) is 2.13. The molecule has 0 radical (unpaired) electrons. The highest BCUT2D eigenvalue weighted by Gasteiger charge is 2.04. The lowest BCUT2D eigenvalue weighted by molar-refractivity contribution is -0.654. The molecule has 16 heavy (non-hydrogen) atoms. The third-order valence-corrected chi connectivity index (χ3v) is 2.91. The minimum absolute atomic E-state index is 0.192. The zero-order valence-electron chi connectivity index (χ0n) is 9.26. The van der Waals surface area contributed by atoms with Gasteiger partial charge in [0.1, 0.15) is 0 Å². The van der Waals surface area contributed by atoms with E-state index in [0.29, 0.717) is 19.4 Å². The number of carboxylic acids is 1. The standard InChI is InChI=1S/C9H19NO5S/c11-9(12)5-2-1-3-6-10-7-4-8-16(13,14)15/h10H,1-8H2,(H,11,12)(H,13,14,15)/p+1. The summed E-state index contributed by atoms with van der Waals surface area (Å²) in [5, 5.41) is 10.4. The Morgan fingerprint density at radius 3 is 2.25 bits per heavy atom. The number of unbranched alkanes of at least 4 members (excludes halogenated alkanes) is 2. The molecule has 0 atom stereocenters. The molecule has 7 heteroatoms. The van der Waals surface area contributed by atoms with Gasteiger partial charge in [0.2, 0.25) is 0 Å². The highest BCUT2D eigenvalue weighted by atomic mass is 32.2. The van der Waals surface area contributed by atoms with Crippen LogP contribution < -0.4 is 5.32 Å². The van der Waals surface area contributed by atoms with Gasteiger partial charge in [-0.05, 0) is 19.3 Å². The van der Waals surface area contributed by atoms with Gasteiger partial charge in [0.05, 0.1) is 18.8 Å². The summed E-state index contributed by atoms with van der Waals surface area (Å²) in [6.07, 6.45) is 3.14. The molecular weight excluding hydrogens is 234 g/mol. The highest BCUT2D eigenvalue weighted by Crippen LogP contribution is 1.97. The molecule has 0 aromatic heterocycles. The van der Waals surface area contributed by atoms with Gasteiger partial charge in [-0.1, -0.05) is 0 Å². The minimum Gasteiger partial charge on any atom is -0.481 e. The lowest BCUT2D eigenvalue weighted by atomic mass is 10.2. The SMILES string of the molecule is O=C(O)CCCCC[NH2+]CCCS(=O)(=O)O. The number of rotatable bonds is 10. The van der Waals surface area contributed by atoms with Crippen molar-refractivity contribution in [3.63, 3.8) is 0 Å². The topological polar surface area (TPSA) is 108 Å². The van der Waals surface area contributed by atoms with E-state index in [1.165, 1.54) is 0 Å². The second-order valence-corrected chi connectivity index (χ2v) is 5.28. The Morgan fingerprint density at radius 1 is 1.06 bits per heavy atom. The van der Waals surface area contributed by atoms with Crippen molar-refractivity contribution in [3.05, 3.63) is 0 Å². The maximum Gasteiger partial charge on any atom is 0.303 e. The van der Waals surface area contributed by atoms with E-state index in [4.69, 9.17) is 9.66 Å². The fourth-order valence-electron chi connectivity index (χ4n) is 1.30. The molecule has 0 aromatic carbocycles. The number of nitrogens with two attached hydrogens (primary N) is 1. The quantitative estimate of drug-likeness (QED) is 0.359. The van der Waals surface area contributed by atoms with Crippen LogP contribution in [-0.2, 0) is 14.9 Å². The zero-order valence-corrected chi connectivity index (χ0v) is 10.1. The Kier molecular flexibility index (Phi) is 8.14. The van der Waals surface area contributed by atoms with Gasteiger partial charge in [0.15, 0.2) is 0 Å². The first-order valence-corrected chi connectivity index (χ1v) is 7.01. The molecule has 0 aliphatic carbocycles. The molecule has 6 nitrogen and oxygen atoms in total. The smallest absolute Gasteiger partial charge is 0.303 e. The largest absolute Gasteiger partial charge is 0.481 e. The maximum absolute atomic E-state index is 10.4. The molecule has 0 heterocycles. The molecule has 0 spiro atoms. The Bertz CT molecular complexity index is 288. The third-order valence-electron chi connectivity index (χ3n) is 2.11. The first-order valence-electron chi connectivity index (χ1n) is 5.40. The summed E-state index contributed by atoms with van der Waals surface area (Å²) >= 11 is 0. The highest BCUT2D eigenvalue weighted by molar-refractivity contribution is 7.85. The number of quaternary nitrogens is 1. The third kappa shape index (κ3) is 13.3. The molecular formula is C9H20NO5S+. The molecule has 0 unspecified atom stereocenters. The van der Waals surface area contributed by atoms with Crippen LogP contribution in [0.2, 0.25) is 0 Å². The van der Waals surface area contributed by atoms with Gasteiger partial charge < -0.3 is 10.4 Å². The molecule has 4 N–H and O–H groups in total. The summed E-state index contributed by atoms with van der Waals surface area (Å²) in [5.41, 5.74) is 0. The van der Waals surface area contributed by atoms with E-state index < -0.39 is 16.1 Å². The van der Waals surface area contributed by atoms with E-state index in [9.17, 15) is 13.2 Å². The van der Waals surface area contributed by atoms with Crippen molar-refractivity contribution in [2.45, 2.75) is 32.1 Å². The van der Waals surface area contributed by atoms with Crippen LogP contribution in [0.3, 0.4) is 0 Å². The van der Waals surface area contributed by atoms with Gasteiger partial charge in [-0.15, -0.1) is 0 Å². The molecule has 0 amide bonds. The van der Waals surface area contributed by atoms with E-state index in [-0.39, 0.29) is 12.2 Å². The lowest BCUT2D eigenvalue weighted by Gasteiger charge is -2.00. The van der Waals surface area contributed by atoms with Gasteiger partial charge in [-0.3, -0.25) is 9.35 Å². The average molecular weight is 254 g/mol. The summed E-state index contributed by atoms with van der Waals surface area (Å²) in [5.74, 6) is -0.958. The maximum atomic E-state index is 10.4. The predicted molar refractivity (Wildman–Crippen MR) is 58.8 cm³/mol. The van der Waals surface area contributed by atoms with Crippen LogP contribution in [0.4, 0.5) is 0 Å². The molecule has 0 rings (SSSR count). The van der Waals surface area contributed by atoms with Gasteiger partial charge >= 0.3 is 5.97 Å². The predicted octanol–water partition coefficient (Wildman–Crippen LogP) is -0.527. The number of carboxylic acid groups (broad SMARTS) is 1. The molecule has 0 aliphatic rings. The van der Waals surface area contributed by atoms with Crippen LogP contribution in [0.25, 0.3) is 0 Å². The molecule has 96 valence electrons. The van der Waals surface area contributed by atoms with Gasteiger partial charge in [-0.2, -0.15) is 8.42 Å². The molecule has 0 aromatic rings. The fourth-order valence-corrected chi connectivity index (χ4v) is 1.83. The van der Waals surface area contributed by atoms with Gasteiger partial charge in [0.25, 0.3) is 10.1 Å². The van der Waals surface area contributed by atoms with Crippen LogP contribution >= 0.6 is 0 Å². The molecule has 0 saturated carbocycles. The second-order valence-electron chi connectivity index (χ2n) is 3.71. The van der Waals surface area contributed by atoms with E-state index in [1.807, 2.05) is 5.32 Å². The van der Waals surface area contributed by atoms with Crippen molar-refractivity contribution < 1.29 is 28.2 Å². The first-order chi connectivity index (χ1) is 7.42. The Morgan fingerprint density at radius 2 is 1.69 bits per heavy atom. The van der Waals surface area contributed by atoms with Crippen LogP contribution in [0.5, 0.6) is 0 Å². The summed E-state index contributed by atoms with van der Waals surface area (Å²) < 4.78 is 29.2. The molecule has 0 fully saturated rings. The van der Waals surface area contributed by atoms with Gasteiger partial charge in [-0.25, -0.2) is 0 Å². The molecule has 0 saturated heterocycles. The summed E-state index contributed by atoms with van der Waals surface area (Å²) in [6, 6.07) is 0. The number of carbonyl (C=O) groups is 1. The second kappa shape index (κ2) is 8.49. The summed E-state index contributed by atoms with van der Waals surface area (Å²) in [6.45, 7) is 1.53. The summed E-state index contributed by atoms with van der Waals surface area (Å²) in [7, 11) is -3.82. The minimum atomic E-state index is -3.82. The van der Waals surface area contributed by atoms with E-state index >= 15 is 0 Å². The van der Waals surface area contributed by atoms with Gasteiger partial charge in [0, 0.05) is 12.8 Å². The number of aliphatic carboxylic acids is 1. The fraction of sp³-hybridized carbons (Fsp3) is 0.889. The van der Waals surface area contributed by atoms with Crippen LogP contribution in [0.15, 0.2) is 0 Å². The van der Waals surface area contributed by atoms with Crippen molar-refractivity contribution in [1.82, 2.24) is 0 Å². The van der Waals surface area contributed by atoms with E-state index in [0.717, 1.165) is 19.4 Å². The van der Waals surface area contributed by atoms with Crippen molar-refractivity contribution in [2.24, 2.45) is 0 Å². The normalized spacial score (nSPS) is 11.6. The Labute approximate surface area is 95.8 Å². The summed E-state index contributed by atoms with van der Waals surface area (Å²) in [4.78, 5) is 10.2. The number of hydrogen-bond donors (Lipinski definition) is 3. The monoisotopic (exact) mass is 254 g/mol. The van der Waals surface area contributed by atoms with Crippen LogP contribution in [0, 0.1) is 0 Å². The number of hydrogen-bond acceptors (Lipinski definition) is 3. The van der Waals surface area contributed by atoms with Crippen LogP contribution in [-0.4, -0.2) is 42.9 Å². The zero-order chi connectivity index (χ0) is 12.4. The van der Waals surface area contributed by atoms with Crippen molar-refractivity contribution in [1.29, 1.82) is 0 Å².